The zero-order chi connectivity index (χ0) is 13.2. The molecule has 4 nitrogen and oxygen atoms in total. The molecule has 0 atom stereocenters. The Hall–Kier alpha value is -1.58. The van der Waals surface area contributed by atoms with Crippen molar-refractivity contribution in [2.75, 3.05) is 5.32 Å². The molecule has 0 spiro atoms. The Morgan fingerprint density at radius 1 is 1.39 bits per heavy atom. The van der Waals surface area contributed by atoms with Crippen molar-refractivity contribution < 1.29 is 9.53 Å². The van der Waals surface area contributed by atoms with Crippen LogP contribution < -0.4 is 5.32 Å². The van der Waals surface area contributed by atoms with Crippen molar-refractivity contribution in [1.29, 1.82) is 0 Å². The van der Waals surface area contributed by atoms with Gasteiger partial charge in [0.2, 0.25) is 0 Å². The summed E-state index contributed by atoms with van der Waals surface area (Å²) in [7, 11) is 0. The molecule has 0 radical (unpaired) electrons. The second-order valence-electron chi connectivity index (χ2n) is 5.73. The first-order valence-corrected chi connectivity index (χ1v) is 6.40. The summed E-state index contributed by atoms with van der Waals surface area (Å²) in [6, 6.07) is 3.86. The molecule has 0 bridgehead atoms. The van der Waals surface area contributed by atoms with Crippen molar-refractivity contribution >= 4 is 11.9 Å². The molecule has 1 fully saturated rings. The highest BCUT2D eigenvalue weighted by atomic mass is 16.6. The van der Waals surface area contributed by atoms with Crippen molar-refractivity contribution in [3.8, 4) is 0 Å². The van der Waals surface area contributed by atoms with Crippen LogP contribution in [-0.4, -0.2) is 16.7 Å². The Labute approximate surface area is 108 Å². The van der Waals surface area contributed by atoms with Crippen molar-refractivity contribution in [3.63, 3.8) is 0 Å². The summed E-state index contributed by atoms with van der Waals surface area (Å²) in [6.45, 7) is 5.50. The average Bonchev–Trinajstić information content (AvgIpc) is 2.15. The van der Waals surface area contributed by atoms with E-state index in [9.17, 15) is 4.79 Å². The molecule has 1 N–H and O–H groups in total. The molecule has 0 saturated heterocycles. The van der Waals surface area contributed by atoms with E-state index in [1.54, 1.807) is 0 Å². The summed E-state index contributed by atoms with van der Waals surface area (Å²) in [5.41, 5.74) is 0.770. The molecule has 4 heteroatoms. The van der Waals surface area contributed by atoms with Crippen molar-refractivity contribution in [3.05, 3.63) is 23.9 Å². The Kier molecular flexibility index (Phi) is 3.55. The van der Waals surface area contributed by atoms with Gasteiger partial charge in [0.25, 0.3) is 0 Å². The third-order valence-electron chi connectivity index (χ3n) is 2.99. The van der Waals surface area contributed by atoms with Gasteiger partial charge in [-0.2, -0.15) is 0 Å². The van der Waals surface area contributed by atoms with Crippen LogP contribution in [-0.2, 0) is 4.74 Å². The lowest BCUT2D eigenvalue weighted by molar-refractivity contribution is 0.0635. The molecular formula is C14H20N2O2. The van der Waals surface area contributed by atoms with Gasteiger partial charge in [-0.3, -0.25) is 5.32 Å². The van der Waals surface area contributed by atoms with Crippen LogP contribution in [0.4, 0.5) is 10.6 Å². The standard InChI is InChI=1S/C14H20N2O2/c1-14(2,3)18-13(17)16-12-8-7-11(9-15-12)10-5-4-6-10/h7-10H,4-6H2,1-3H3,(H,15,16,17). The molecule has 1 aliphatic carbocycles. The first-order valence-electron chi connectivity index (χ1n) is 6.40. The Morgan fingerprint density at radius 2 is 2.11 bits per heavy atom. The summed E-state index contributed by atoms with van der Waals surface area (Å²) >= 11 is 0. The Balaban J connectivity index is 1.91. The van der Waals surface area contributed by atoms with Crippen LogP contribution in [0.1, 0.15) is 51.5 Å². The quantitative estimate of drug-likeness (QED) is 0.868. The van der Waals surface area contributed by atoms with Gasteiger partial charge in [-0.1, -0.05) is 12.5 Å². The van der Waals surface area contributed by atoms with Crippen LogP contribution in [0.15, 0.2) is 18.3 Å². The van der Waals surface area contributed by atoms with Crippen LogP contribution in [0.25, 0.3) is 0 Å². The van der Waals surface area contributed by atoms with Gasteiger partial charge in [-0.05, 0) is 51.2 Å². The summed E-state index contributed by atoms with van der Waals surface area (Å²) in [6.07, 6.45) is 5.19. The lowest BCUT2D eigenvalue weighted by Crippen LogP contribution is -2.27. The fourth-order valence-corrected chi connectivity index (χ4v) is 1.87. The fourth-order valence-electron chi connectivity index (χ4n) is 1.87. The molecule has 0 aromatic carbocycles. The number of carbonyl (C=O) groups excluding carboxylic acids is 1. The second kappa shape index (κ2) is 4.96. The number of anilines is 1. The predicted molar refractivity (Wildman–Crippen MR) is 70.7 cm³/mol. The molecule has 1 saturated carbocycles. The van der Waals surface area contributed by atoms with E-state index < -0.39 is 11.7 Å². The molecule has 98 valence electrons. The third-order valence-corrected chi connectivity index (χ3v) is 2.99. The number of rotatable bonds is 2. The molecular weight excluding hydrogens is 228 g/mol. The maximum absolute atomic E-state index is 11.5. The number of hydrogen-bond acceptors (Lipinski definition) is 3. The number of pyridine rings is 1. The summed E-state index contributed by atoms with van der Waals surface area (Å²) < 4.78 is 5.16. The number of nitrogens with one attached hydrogen (secondary N) is 1. The van der Waals surface area contributed by atoms with E-state index in [1.165, 1.54) is 24.8 Å². The molecule has 1 heterocycles. The predicted octanol–water partition coefficient (Wildman–Crippen LogP) is 3.70. The van der Waals surface area contributed by atoms with Crippen LogP contribution in [0.5, 0.6) is 0 Å². The topological polar surface area (TPSA) is 51.2 Å². The fraction of sp³-hybridized carbons (Fsp3) is 0.571. The second-order valence-corrected chi connectivity index (χ2v) is 5.73. The van der Waals surface area contributed by atoms with Gasteiger partial charge in [-0.15, -0.1) is 0 Å². The minimum atomic E-state index is -0.490. The first-order chi connectivity index (χ1) is 8.44. The maximum atomic E-state index is 11.5. The lowest BCUT2D eigenvalue weighted by atomic mass is 9.81. The van der Waals surface area contributed by atoms with Crippen molar-refractivity contribution in [2.45, 2.75) is 51.6 Å². The molecule has 1 aromatic rings. The Bertz CT molecular complexity index is 416. The van der Waals surface area contributed by atoms with Crippen molar-refractivity contribution in [2.24, 2.45) is 0 Å². The number of amides is 1. The lowest BCUT2D eigenvalue weighted by Gasteiger charge is -2.25. The third kappa shape index (κ3) is 3.45. The molecule has 18 heavy (non-hydrogen) atoms. The van der Waals surface area contributed by atoms with E-state index in [-0.39, 0.29) is 0 Å². The van der Waals surface area contributed by atoms with Crippen LogP contribution >= 0.6 is 0 Å². The van der Waals surface area contributed by atoms with Gasteiger partial charge in [-0.25, -0.2) is 9.78 Å². The largest absolute Gasteiger partial charge is 0.444 e. The normalized spacial score (nSPS) is 15.9. The van der Waals surface area contributed by atoms with Gasteiger partial charge < -0.3 is 4.74 Å². The Morgan fingerprint density at radius 3 is 2.56 bits per heavy atom. The number of hydrogen-bond donors (Lipinski definition) is 1. The van der Waals surface area contributed by atoms with Crippen LogP contribution in [0.2, 0.25) is 0 Å². The van der Waals surface area contributed by atoms with Crippen molar-refractivity contribution in [1.82, 2.24) is 4.98 Å². The minimum absolute atomic E-state index is 0.466. The van der Waals surface area contributed by atoms with E-state index in [1.807, 2.05) is 39.1 Å². The SMILES string of the molecule is CC(C)(C)OC(=O)Nc1ccc(C2CCC2)cn1. The van der Waals surface area contributed by atoms with E-state index >= 15 is 0 Å². The maximum Gasteiger partial charge on any atom is 0.413 e. The van der Waals surface area contributed by atoms with Gasteiger partial charge >= 0.3 is 6.09 Å². The molecule has 1 aromatic heterocycles. The molecule has 1 aliphatic rings. The van der Waals surface area contributed by atoms with E-state index in [4.69, 9.17) is 4.74 Å². The molecule has 1 amide bonds. The van der Waals surface area contributed by atoms with Gasteiger partial charge in [0.05, 0.1) is 0 Å². The number of nitrogens with zero attached hydrogens (tertiary/aromatic N) is 1. The zero-order valence-electron chi connectivity index (χ0n) is 11.2. The van der Waals surface area contributed by atoms with Crippen LogP contribution in [0.3, 0.4) is 0 Å². The van der Waals surface area contributed by atoms with E-state index in [2.05, 4.69) is 10.3 Å². The zero-order valence-corrected chi connectivity index (χ0v) is 11.2. The summed E-state index contributed by atoms with van der Waals surface area (Å²) in [5.74, 6) is 1.19. The molecule has 2 rings (SSSR count). The van der Waals surface area contributed by atoms with E-state index in [0.717, 1.165) is 0 Å². The van der Waals surface area contributed by atoms with Gasteiger partial charge in [0.15, 0.2) is 0 Å². The van der Waals surface area contributed by atoms with Gasteiger partial charge in [0.1, 0.15) is 11.4 Å². The minimum Gasteiger partial charge on any atom is -0.444 e. The first kappa shape index (κ1) is 12.9. The van der Waals surface area contributed by atoms with Crippen LogP contribution in [0, 0.1) is 0 Å². The highest BCUT2D eigenvalue weighted by Crippen LogP contribution is 2.35. The van der Waals surface area contributed by atoms with E-state index in [0.29, 0.717) is 11.7 Å². The highest BCUT2D eigenvalue weighted by molar-refractivity contribution is 5.83. The number of aromatic nitrogens is 1. The summed E-state index contributed by atoms with van der Waals surface area (Å²) in [5, 5.41) is 2.63. The highest BCUT2D eigenvalue weighted by Gasteiger charge is 2.20. The smallest absolute Gasteiger partial charge is 0.413 e. The summed E-state index contributed by atoms with van der Waals surface area (Å²) in [4.78, 5) is 15.8. The average molecular weight is 248 g/mol. The monoisotopic (exact) mass is 248 g/mol. The molecule has 0 unspecified atom stereocenters. The number of carbonyl (C=O) groups is 1. The molecule has 0 aliphatic heterocycles. The number of ether oxygens (including phenoxy) is 1. The van der Waals surface area contributed by atoms with Gasteiger partial charge in [0, 0.05) is 6.20 Å².